The zero-order valence-corrected chi connectivity index (χ0v) is 10.6. The Morgan fingerprint density at radius 2 is 1.40 bits per heavy atom. The number of hydrogen-bond donors (Lipinski definition) is 0. The summed E-state index contributed by atoms with van der Waals surface area (Å²) in [6.45, 7) is 0. The normalized spacial score (nSPS) is 10.5. The molecule has 3 aromatic rings. The van der Waals surface area contributed by atoms with Crippen LogP contribution in [0, 0.1) is 11.6 Å². The molecule has 0 saturated carbocycles. The molecule has 0 aliphatic rings. The van der Waals surface area contributed by atoms with Gasteiger partial charge in [0.15, 0.2) is 11.6 Å². The highest BCUT2D eigenvalue weighted by molar-refractivity contribution is 5.66. The maximum atomic E-state index is 13.2. The molecular weight excluding hydrogens is 256 g/mol. The van der Waals surface area contributed by atoms with Gasteiger partial charge in [0.1, 0.15) is 0 Å². The van der Waals surface area contributed by atoms with Crippen LogP contribution < -0.4 is 0 Å². The largest absolute Gasteiger partial charge is 0.256 e. The number of benzene rings is 2. The molecule has 0 aliphatic heterocycles. The molecule has 1 heterocycles. The van der Waals surface area contributed by atoms with E-state index in [2.05, 4.69) is 4.98 Å². The molecule has 0 unspecified atom stereocenters. The standard InChI is InChI=1S/C17H11F2N/c18-15-8-6-13(10-16(15)19)17-9-7-14(11-20-17)12-4-2-1-3-5-12/h1-11H. The van der Waals surface area contributed by atoms with Gasteiger partial charge < -0.3 is 0 Å². The highest BCUT2D eigenvalue weighted by atomic mass is 19.2. The van der Waals surface area contributed by atoms with Gasteiger partial charge in [-0.1, -0.05) is 36.4 Å². The molecule has 3 heteroatoms. The first-order valence-electron chi connectivity index (χ1n) is 6.21. The lowest BCUT2D eigenvalue weighted by Crippen LogP contribution is -1.88. The van der Waals surface area contributed by atoms with E-state index in [4.69, 9.17) is 0 Å². The van der Waals surface area contributed by atoms with Crippen molar-refractivity contribution in [1.82, 2.24) is 4.98 Å². The number of aromatic nitrogens is 1. The Hall–Kier alpha value is -2.55. The van der Waals surface area contributed by atoms with Gasteiger partial charge in [0.25, 0.3) is 0 Å². The molecule has 0 amide bonds. The maximum absolute atomic E-state index is 13.2. The fourth-order valence-electron chi connectivity index (χ4n) is 2.02. The van der Waals surface area contributed by atoms with Crippen molar-refractivity contribution < 1.29 is 8.78 Å². The van der Waals surface area contributed by atoms with Crippen LogP contribution in [0.5, 0.6) is 0 Å². The third kappa shape index (κ3) is 2.43. The minimum atomic E-state index is -0.864. The van der Waals surface area contributed by atoms with Gasteiger partial charge in [-0.15, -0.1) is 0 Å². The van der Waals surface area contributed by atoms with Crippen molar-refractivity contribution in [2.24, 2.45) is 0 Å². The maximum Gasteiger partial charge on any atom is 0.159 e. The Bertz CT molecular complexity index is 722. The molecule has 2 aromatic carbocycles. The molecule has 0 bridgehead atoms. The van der Waals surface area contributed by atoms with Crippen molar-refractivity contribution in [2.45, 2.75) is 0 Å². The smallest absolute Gasteiger partial charge is 0.159 e. The van der Waals surface area contributed by atoms with Gasteiger partial charge in [-0.25, -0.2) is 8.78 Å². The van der Waals surface area contributed by atoms with Crippen LogP contribution >= 0.6 is 0 Å². The first kappa shape index (κ1) is 12.5. The second kappa shape index (κ2) is 5.21. The summed E-state index contributed by atoms with van der Waals surface area (Å²) in [6, 6.07) is 17.3. The van der Waals surface area contributed by atoms with Crippen LogP contribution in [-0.2, 0) is 0 Å². The SMILES string of the molecule is Fc1ccc(-c2ccc(-c3ccccc3)cn2)cc1F. The fourth-order valence-corrected chi connectivity index (χ4v) is 2.02. The van der Waals surface area contributed by atoms with Gasteiger partial charge in [0.2, 0.25) is 0 Å². The Kier molecular flexibility index (Phi) is 3.25. The molecular formula is C17H11F2N. The molecule has 1 aromatic heterocycles. The fraction of sp³-hybridized carbons (Fsp3) is 0. The van der Waals surface area contributed by atoms with Crippen LogP contribution in [0.3, 0.4) is 0 Å². The molecule has 98 valence electrons. The quantitative estimate of drug-likeness (QED) is 0.656. The lowest BCUT2D eigenvalue weighted by Gasteiger charge is -2.04. The van der Waals surface area contributed by atoms with E-state index in [1.165, 1.54) is 6.07 Å². The predicted molar refractivity (Wildman–Crippen MR) is 75.0 cm³/mol. The van der Waals surface area contributed by atoms with E-state index in [0.29, 0.717) is 11.3 Å². The van der Waals surface area contributed by atoms with E-state index in [-0.39, 0.29) is 0 Å². The summed E-state index contributed by atoms with van der Waals surface area (Å²) in [6.07, 6.45) is 1.73. The summed E-state index contributed by atoms with van der Waals surface area (Å²) < 4.78 is 26.1. The van der Waals surface area contributed by atoms with Gasteiger partial charge in [-0.3, -0.25) is 4.98 Å². The number of pyridine rings is 1. The van der Waals surface area contributed by atoms with Gasteiger partial charge in [-0.05, 0) is 29.8 Å². The third-order valence-electron chi connectivity index (χ3n) is 3.09. The predicted octanol–water partition coefficient (Wildman–Crippen LogP) is 4.69. The van der Waals surface area contributed by atoms with Crippen molar-refractivity contribution >= 4 is 0 Å². The molecule has 3 rings (SSSR count). The van der Waals surface area contributed by atoms with Crippen LogP contribution in [0.1, 0.15) is 0 Å². The van der Waals surface area contributed by atoms with Crippen LogP contribution in [0.25, 0.3) is 22.4 Å². The Morgan fingerprint density at radius 1 is 0.650 bits per heavy atom. The van der Waals surface area contributed by atoms with E-state index >= 15 is 0 Å². The van der Waals surface area contributed by atoms with E-state index in [9.17, 15) is 8.78 Å². The average molecular weight is 267 g/mol. The van der Waals surface area contributed by atoms with Crippen molar-refractivity contribution in [1.29, 1.82) is 0 Å². The number of hydrogen-bond acceptors (Lipinski definition) is 1. The molecule has 0 atom stereocenters. The van der Waals surface area contributed by atoms with Crippen molar-refractivity contribution in [2.75, 3.05) is 0 Å². The summed E-state index contributed by atoms with van der Waals surface area (Å²) >= 11 is 0. The lowest BCUT2D eigenvalue weighted by molar-refractivity contribution is 0.509. The molecule has 0 N–H and O–H groups in total. The lowest BCUT2D eigenvalue weighted by atomic mass is 10.1. The van der Waals surface area contributed by atoms with Crippen LogP contribution in [0.2, 0.25) is 0 Å². The first-order chi connectivity index (χ1) is 9.74. The zero-order valence-electron chi connectivity index (χ0n) is 10.6. The van der Waals surface area contributed by atoms with E-state index in [1.807, 2.05) is 36.4 Å². The summed E-state index contributed by atoms with van der Waals surface area (Å²) in [5, 5.41) is 0. The van der Waals surface area contributed by atoms with Crippen LogP contribution in [0.15, 0.2) is 66.9 Å². The average Bonchev–Trinajstić information content (AvgIpc) is 2.51. The summed E-state index contributed by atoms with van der Waals surface area (Å²) in [4.78, 5) is 4.31. The highest BCUT2D eigenvalue weighted by Gasteiger charge is 2.06. The van der Waals surface area contributed by atoms with Gasteiger partial charge >= 0.3 is 0 Å². The molecule has 0 spiro atoms. The monoisotopic (exact) mass is 267 g/mol. The topological polar surface area (TPSA) is 12.9 Å². The van der Waals surface area contributed by atoms with Crippen molar-refractivity contribution in [3.8, 4) is 22.4 Å². The Balaban J connectivity index is 1.95. The third-order valence-corrected chi connectivity index (χ3v) is 3.09. The molecule has 1 nitrogen and oxygen atoms in total. The Labute approximate surface area is 115 Å². The number of rotatable bonds is 2. The first-order valence-corrected chi connectivity index (χ1v) is 6.21. The second-order valence-corrected chi connectivity index (χ2v) is 4.43. The summed E-state index contributed by atoms with van der Waals surface area (Å²) in [5.74, 6) is -1.72. The van der Waals surface area contributed by atoms with E-state index in [0.717, 1.165) is 23.3 Å². The number of halogens is 2. The van der Waals surface area contributed by atoms with Crippen molar-refractivity contribution in [3.05, 3.63) is 78.5 Å². The minimum absolute atomic E-state index is 0.559. The summed E-state index contributed by atoms with van der Waals surface area (Å²) in [7, 11) is 0. The van der Waals surface area contributed by atoms with Crippen molar-refractivity contribution in [3.63, 3.8) is 0 Å². The molecule has 20 heavy (non-hydrogen) atoms. The van der Waals surface area contributed by atoms with E-state index in [1.54, 1.807) is 12.3 Å². The molecule has 0 radical (unpaired) electrons. The van der Waals surface area contributed by atoms with Gasteiger partial charge in [-0.2, -0.15) is 0 Å². The molecule has 0 aliphatic carbocycles. The summed E-state index contributed by atoms with van der Waals surface area (Å²) in [5.41, 5.74) is 3.22. The van der Waals surface area contributed by atoms with Crippen LogP contribution in [0.4, 0.5) is 8.78 Å². The zero-order chi connectivity index (χ0) is 13.9. The van der Waals surface area contributed by atoms with Gasteiger partial charge in [0, 0.05) is 17.3 Å². The second-order valence-electron chi connectivity index (χ2n) is 4.43. The highest BCUT2D eigenvalue weighted by Crippen LogP contribution is 2.23. The van der Waals surface area contributed by atoms with Gasteiger partial charge in [0.05, 0.1) is 5.69 Å². The Morgan fingerprint density at radius 3 is 2.05 bits per heavy atom. The van der Waals surface area contributed by atoms with Crippen LogP contribution in [-0.4, -0.2) is 4.98 Å². The van der Waals surface area contributed by atoms with E-state index < -0.39 is 11.6 Å². The minimum Gasteiger partial charge on any atom is -0.256 e. The number of nitrogens with zero attached hydrogens (tertiary/aromatic N) is 1. The molecule has 0 fully saturated rings. The molecule has 0 saturated heterocycles.